The zero-order chi connectivity index (χ0) is 13.7. The molecule has 2 rings (SSSR count). The maximum Gasteiger partial charge on any atom is 0.0538 e. The van der Waals surface area contributed by atoms with E-state index in [1.165, 1.54) is 11.1 Å². The summed E-state index contributed by atoms with van der Waals surface area (Å²) < 4.78 is 2.84. The summed E-state index contributed by atoms with van der Waals surface area (Å²) in [4.78, 5) is 0. The molecule has 1 aromatic carbocycles. The lowest BCUT2D eigenvalue weighted by atomic mass is 10.1. The molecule has 0 saturated heterocycles. The normalized spacial score (nSPS) is 12.3. The van der Waals surface area contributed by atoms with Gasteiger partial charge in [-0.25, -0.2) is 4.68 Å². The van der Waals surface area contributed by atoms with Crippen LogP contribution in [0.4, 0.5) is 0 Å². The average Bonchev–Trinajstić information content (AvgIpc) is 2.87. The molecule has 1 atom stereocenters. The molecule has 1 unspecified atom stereocenters. The highest BCUT2D eigenvalue weighted by Gasteiger charge is 2.04. The summed E-state index contributed by atoms with van der Waals surface area (Å²) in [7, 11) is 0. The Labute approximate surface area is 122 Å². The summed E-state index contributed by atoms with van der Waals surface area (Å²) in [5.41, 5.74) is 2.51. The molecule has 100 valence electrons. The number of hydrogen-bond acceptors (Lipinski definition) is 2. The van der Waals surface area contributed by atoms with Gasteiger partial charge in [0, 0.05) is 35.0 Å². The molecule has 0 spiro atoms. The van der Waals surface area contributed by atoms with Gasteiger partial charge in [-0.3, -0.25) is 0 Å². The van der Waals surface area contributed by atoms with Gasteiger partial charge in [-0.05, 0) is 31.0 Å². The van der Waals surface area contributed by atoms with Crippen LogP contribution in [0.5, 0.6) is 0 Å². The number of hydrogen-bond donors (Lipinski definition) is 1. The van der Waals surface area contributed by atoms with Gasteiger partial charge in [0.25, 0.3) is 0 Å². The minimum atomic E-state index is 0.424. The SMILES string of the molecule is C=Cn1cc(CNC(C)Cc2ccc(Br)cc2)cn1. The molecule has 19 heavy (non-hydrogen) atoms. The zero-order valence-corrected chi connectivity index (χ0v) is 12.6. The first kappa shape index (κ1) is 14.0. The summed E-state index contributed by atoms with van der Waals surface area (Å²) in [6, 6.07) is 8.88. The average molecular weight is 320 g/mol. The first-order chi connectivity index (χ1) is 9.17. The van der Waals surface area contributed by atoms with Gasteiger partial charge in [0.1, 0.15) is 0 Å². The molecule has 0 fully saturated rings. The third-order valence-corrected chi connectivity index (χ3v) is 3.48. The molecule has 3 nitrogen and oxygen atoms in total. The molecule has 0 amide bonds. The van der Waals surface area contributed by atoms with Crippen LogP contribution in [-0.4, -0.2) is 15.8 Å². The van der Waals surface area contributed by atoms with Crippen molar-refractivity contribution in [1.29, 1.82) is 0 Å². The Morgan fingerprint density at radius 2 is 2.11 bits per heavy atom. The topological polar surface area (TPSA) is 29.9 Å². The first-order valence-corrected chi connectivity index (χ1v) is 7.10. The van der Waals surface area contributed by atoms with E-state index >= 15 is 0 Å². The van der Waals surface area contributed by atoms with Crippen molar-refractivity contribution >= 4 is 22.1 Å². The van der Waals surface area contributed by atoms with E-state index in [0.717, 1.165) is 17.4 Å². The molecule has 4 heteroatoms. The fraction of sp³-hybridized carbons (Fsp3) is 0.267. The van der Waals surface area contributed by atoms with Gasteiger partial charge in [-0.2, -0.15) is 5.10 Å². The maximum absolute atomic E-state index is 4.16. The van der Waals surface area contributed by atoms with Gasteiger partial charge in [0.05, 0.1) is 6.20 Å². The minimum absolute atomic E-state index is 0.424. The van der Waals surface area contributed by atoms with Gasteiger partial charge in [-0.15, -0.1) is 0 Å². The van der Waals surface area contributed by atoms with Crippen LogP contribution in [0.25, 0.3) is 6.20 Å². The van der Waals surface area contributed by atoms with Crippen LogP contribution in [0.1, 0.15) is 18.1 Å². The molecule has 0 radical (unpaired) electrons. The van der Waals surface area contributed by atoms with E-state index in [2.05, 4.69) is 64.1 Å². The predicted molar refractivity (Wildman–Crippen MR) is 82.8 cm³/mol. The molecule has 0 saturated carbocycles. The Balaban J connectivity index is 1.82. The highest BCUT2D eigenvalue weighted by molar-refractivity contribution is 9.10. The summed E-state index contributed by atoms with van der Waals surface area (Å²) in [5, 5.41) is 7.66. The fourth-order valence-corrected chi connectivity index (χ4v) is 2.17. The highest BCUT2D eigenvalue weighted by atomic mass is 79.9. The van der Waals surface area contributed by atoms with Crippen LogP contribution < -0.4 is 5.32 Å². The molecule has 1 heterocycles. The molecule has 1 N–H and O–H groups in total. The van der Waals surface area contributed by atoms with Crippen LogP contribution in [0.15, 0.2) is 47.7 Å². The number of nitrogens with one attached hydrogen (secondary N) is 1. The van der Waals surface area contributed by atoms with E-state index < -0.39 is 0 Å². The predicted octanol–water partition coefficient (Wildman–Crippen LogP) is 3.47. The largest absolute Gasteiger partial charge is 0.310 e. The third-order valence-electron chi connectivity index (χ3n) is 2.95. The Bertz CT molecular complexity index is 531. The van der Waals surface area contributed by atoms with Crippen molar-refractivity contribution in [3.63, 3.8) is 0 Å². The first-order valence-electron chi connectivity index (χ1n) is 6.31. The quantitative estimate of drug-likeness (QED) is 0.883. The van der Waals surface area contributed by atoms with Crippen molar-refractivity contribution in [3.05, 3.63) is 58.8 Å². The second-order valence-electron chi connectivity index (χ2n) is 4.62. The molecule has 0 aliphatic rings. The zero-order valence-electron chi connectivity index (χ0n) is 11.0. The van der Waals surface area contributed by atoms with Gasteiger partial charge in [0.15, 0.2) is 0 Å². The highest BCUT2D eigenvalue weighted by Crippen LogP contribution is 2.12. The monoisotopic (exact) mass is 319 g/mol. The van der Waals surface area contributed by atoms with Crippen LogP contribution >= 0.6 is 15.9 Å². The molecular weight excluding hydrogens is 302 g/mol. The van der Waals surface area contributed by atoms with Gasteiger partial charge >= 0.3 is 0 Å². The van der Waals surface area contributed by atoms with Crippen molar-refractivity contribution in [2.75, 3.05) is 0 Å². The second kappa shape index (κ2) is 6.68. The number of aromatic nitrogens is 2. The molecule has 1 aromatic heterocycles. The molecule has 0 bridgehead atoms. The van der Waals surface area contributed by atoms with Crippen LogP contribution in [0.2, 0.25) is 0 Å². The maximum atomic E-state index is 4.16. The minimum Gasteiger partial charge on any atom is -0.310 e. The van der Waals surface area contributed by atoms with Gasteiger partial charge in [0.2, 0.25) is 0 Å². The molecule has 0 aliphatic carbocycles. The molecular formula is C15H18BrN3. The van der Waals surface area contributed by atoms with Gasteiger partial charge in [-0.1, -0.05) is 34.6 Å². The Morgan fingerprint density at radius 1 is 1.37 bits per heavy atom. The summed E-state index contributed by atoms with van der Waals surface area (Å²) in [5.74, 6) is 0. The van der Waals surface area contributed by atoms with E-state index in [9.17, 15) is 0 Å². The van der Waals surface area contributed by atoms with Crippen LogP contribution in [-0.2, 0) is 13.0 Å². The van der Waals surface area contributed by atoms with E-state index in [-0.39, 0.29) is 0 Å². The lowest BCUT2D eigenvalue weighted by Gasteiger charge is -2.13. The third kappa shape index (κ3) is 4.33. The van der Waals surface area contributed by atoms with Crippen LogP contribution in [0, 0.1) is 0 Å². The molecule has 0 aliphatic heterocycles. The number of benzene rings is 1. The Hall–Kier alpha value is -1.39. The van der Waals surface area contributed by atoms with Crippen molar-refractivity contribution in [3.8, 4) is 0 Å². The lowest BCUT2D eigenvalue weighted by Crippen LogP contribution is -2.27. The molecule has 2 aromatic rings. The van der Waals surface area contributed by atoms with Crippen molar-refractivity contribution < 1.29 is 0 Å². The van der Waals surface area contributed by atoms with E-state index in [1.807, 2.05) is 12.4 Å². The smallest absolute Gasteiger partial charge is 0.0538 e. The Kier molecular flexibility index (Phi) is 4.93. The van der Waals surface area contributed by atoms with Gasteiger partial charge < -0.3 is 5.32 Å². The summed E-state index contributed by atoms with van der Waals surface area (Å²) in [6.07, 6.45) is 6.55. The van der Waals surface area contributed by atoms with E-state index in [4.69, 9.17) is 0 Å². The van der Waals surface area contributed by atoms with E-state index in [0.29, 0.717) is 6.04 Å². The summed E-state index contributed by atoms with van der Waals surface area (Å²) in [6.45, 7) is 6.70. The number of rotatable bonds is 6. The standard InChI is InChI=1S/C15H18BrN3/c1-3-19-11-14(10-18-19)9-17-12(2)8-13-4-6-15(16)7-5-13/h3-7,10-12,17H,1,8-9H2,2H3. The van der Waals surface area contributed by atoms with Crippen molar-refractivity contribution in [2.45, 2.75) is 25.9 Å². The Morgan fingerprint density at radius 3 is 2.74 bits per heavy atom. The fourth-order valence-electron chi connectivity index (χ4n) is 1.91. The lowest BCUT2D eigenvalue weighted by molar-refractivity contribution is 0.545. The van der Waals surface area contributed by atoms with Crippen molar-refractivity contribution in [1.82, 2.24) is 15.1 Å². The number of halogens is 1. The number of nitrogens with zero attached hydrogens (tertiary/aromatic N) is 2. The van der Waals surface area contributed by atoms with Crippen LogP contribution in [0.3, 0.4) is 0 Å². The van der Waals surface area contributed by atoms with Crippen molar-refractivity contribution in [2.24, 2.45) is 0 Å². The van der Waals surface area contributed by atoms with E-state index in [1.54, 1.807) is 10.9 Å². The summed E-state index contributed by atoms with van der Waals surface area (Å²) >= 11 is 3.45. The second-order valence-corrected chi connectivity index (χ2v) is 5.54.